The molecular weight excluding hydrogens is 268 g/mol. The molecular formula is C16H22N2O3. The minimum absolute atomic E-state index is 0.144. The van der Waals surface area contributed by atoms with Gasteiger partial charge in [0.15, 0.2) is 0 Å². The third-order valence-corrected chi connectivity index (χ3v) is 3.97. The van der Waals surface area contributed by atoms with Crippen molar-refractivity contribution in [3.05, 3.63) is 35.4 Å². The lowest BCUT2D eigenvalue weighted by molar-refractivity contribution is -0.143. The molecule has 0 aromatic heterocycles. The van der Waals surface area contributed by atoms with Gasteiger partial charge >= 0.3 is 12.0 Å². The highest BCUT2D eigenvalue weighted by Gasteiger charge is 2.32. The smallest absolute Gasteiger partial charge is 0.326 e. The molecule has 0 saturated carbocycles. The summed E-state index contributed by atoms with van der Waals surface area (Å²) in [7, 11) is 0. The minimum Gasteiger partial charge on any atom is -0.480 e. The molecule has 1 saturated heterocycles. The summed E-state index contributed by atoms with van der Waals surface area (Å²) < 4.78 is 0. The molecule has 1 heterocycles. The van der Waals surface area contributed by atoms with E-state index in [4.69, 9.17) is 0 Å². The molecule has 5 nitrogen and oxygen atoms in total. The Labute approximate surface area is 125 Å². The van der Waals surface area contributed by atoms with Gasteiger partial charge in [-0.05, 0) is 38.7 Å². The van der Waals surface area contributed by atoms with Crippen molar-refractivity contribution in [3.8, 4) is 0 Å². The van der Waals surface area contributed by atoms with Gasteiger partial charge in [-0.25, -0.2) is 9.59 Å². The Morgan fingerprint density at radius 3 is 2.57 bits per heavy atom. The van der Waals surface area contributed by atoms with Gasteiger partial charge < -0.3 is 15.3 Å². The average Bonchev–Trinajstić information content (AvgIpc) is 2.47. The maximum absolute atomic E-state index is 12.3. The molecule has 2 atom stereocenters. The number of nitrogens with one attached hydrogen (secondary N) is 1. The quantitative estimate of drug-likeness (QED) is 0.899. The van der Waals surface area contributed by atoms with E-state index in [9.17, 15) is 14.7 Å². The van der Waals surface area contributed by atoms with Crippen LogP contribution in [0.15, 0.2) is 24.3 Å². The summed E-state index contributed by atoms with van der Waals surface area (Å²) in [5, 5.41) is 12.1. The molecule has 5 heteroatoms. The molecule has 1 aliphatic rings. The van der Waals surface area contributed by atoms with E-state index in [1.54, 1.807) is 0 Å². The number of hydrogen-bond donors (Lipinski definition) is 2. The summed E-state index contributed by atoms with van der Waals surface area (Å²) in [6.07, 6.45) is 2.24. The SMILES string of the molecule is Cc1ccc(C(C)NC(=O)N2CCCCC2C(=O)O)cc1. The molecule has 1 aromatic carbocycles. The lowest BCUT2D eigenvalue weighted by atomic mass is 10.0. The van der Waals surface area contributed by atoms with Gasteiger partial charge in [0.25, 0.3) is 0 Å². The Morgan fingerprint density at radius 2 is 1.95 bits per heavy atom. The second-order valence-electron chi connectivity index (χ2n) is 5.63. The van der Waals surface area contributed by atoms with Crippen LogP contribution in [-0.4, -0.2) is 34.6 Å². The topological polar surface area (TPSA) is 69.6 Å². The van der Waals surface area contributed by atoms with Crippen LogP contribution >= 0.6 is 0 Å². The molecule has 0 spiro atoms. The Balaban J connectivity index is 2.02. The zero-order valence-electron chi connectivity index (χ0n) is 12.5. The van der Waals surface area contributed by atoms with E-state index >= 15 is 0 Å². The Bertz CT molecular complexity index is 513. The molecule has 0 aliphatic carbocycles. The van der Waals surface area contributed by atoms with Crippen LogP contribution in [0.3, 0.4) is 0 Å². The van der Waals surface area contributed by atoms with Crippen molar-refractivity contribution >= 4 is 12.0 Å². The average molecular weight is 290 g/mol. The summed E-state index contributed by atoms with van der Waals surface area (Å²) in [6.45, 7) is 4.42. The highest BCUT2D eigenvalue weighted by atomic mass is 16.4. The van der Waals surface area contributed by atoms with Gasteiger partial charge in [0.2, 0.25) is 0 Å². The van der Waals surface area contributed by atoms with Crippen LogP contribution < -0.4 is 5.32 Å². The molecule has 114 valence electrons. The number of carboxylic acids is 1. The van der Waals surface area contributed by atoms with Gasteiger partial charge in [-0.15, -0.1) is 0 Å². The summed E-state index contributed by atoms with van der Waals surface area (Å²) in [5.41, 5.74) is 2.18. The molecule has 0 bridgehead atoms. The minimum atomic E-state index is -0.923. The molecule has 21 heavy (non-hydrogen) atoms. The van der Waals surface area contributed by atoms with Crippen LogP contribution in [0.2, 0.25) is 0 Å². The molecule has 2 amide bonds. The number of nitrogens with zero attached hydrogens (tertiary/aromatic N) is 1. The fraction of sp³-hybridized carbons (Fsp3) is 0.500. The number of aliphatic carboxylic acids is 1. The third-order valence-electron chi connectivity index (χ3n) is 3.97. The highest BCUT2D eigenvalue weighted by Crippen LogP contribution is 2.19. The number of hydrogen-bond acceptors (Lipinski definition) is 2. The molecule has 1 fully saturated rings. The lowest BCUT2D eigenvalue weighted by Gasteiger charge is -2.33. The monoisotopic (exact) mass is 290 g/mol. The van der Waals surface area contributed by atoms with Crippen LogP contribution in [-0.2, 0) is 4.79 Å². The van der Waals surface area contributed by atoms with Crippen LogP contribution in [0.1, 0.15) is 43.4 Å². The van der Waals surface area contributed by atoms with Crippen LogP contribution in [0.5, 0.6) is 0 Å². The zero-order valence-corrected chi connectivity index (χ0v) is 12.5. The number of benzene rings is 1. The van der Waals surface area contributed by atoms with E-state index in [-0.39, 0.29) is 12.1 Å². The lowest BCUT2D eigenvalue weighted by Crippen LogP contribution is -2.52. The van der Waals surface area contributed by atoms with Crippen molar-refractivity contribution in [2.24, 2.45) is 0 Å². The zero-order chi connectivity index (χ0) is 15.4. The highest BCUT2D eigenvalue weighted by molar-refractivity contribution is 5.83. The predicted octanol–water partition coefficient (Wildman–Crippen LogP) is 2.70. The van der Waals surface area contributed by atoms with E-state index in [1.807, 2.05) is 38.1 Å². The number of piperidine rings is 1. The van der Waals surface area contributed by atoms with Crippen LogP contribution in [0.25, 0.3) is 0 Å². The van der Waals surface area contributed by atoms with Crippen molar-refractivity contribution in [2.45, 2.75) is 45.2 Å². The number of carbonyl (C=O) groups excluding carboxylic acids is 1. The standard InChI is InChI=1S/C16H22N2O3/c1-11-6-8-13(9-7-11)12(2)17-16(21)18-10-4-3-5-14(18)15(19)20/h6-9,12,14H,3-5,10H2,1-2H3,(H,17,21)(H,19,20). The van der Waals surface area contributed by atoms with Crippen molar-refractivity contribution in [3.63, 3.8) is 0 Å². The first kappa shape index (κ1) is 15.4. The second kappa shape index (κ2) is 6.61. The predicted molar refractivity (Wildman–Crippen MR) is 80.1 cm³/mol. The second-order valence-corrected chi connectivity index (χ2v) is 5.63. The third kappa shape index (κ3) is 3.74. The number of carbonyl (C=O) groups is 2. The van der Waals surface area contributed by atoms with Gasteiger partial charge in [-0.3, -0.25) is 0 Å². The number of urea groups is 1. The van der Waals surface area contributed by atoms with E-state index in [0.29, 0.717) is 13.0 Å². The summed E-state index contributed by atoms with van der Waals surface area (Å²) >= 11 is 0. The first-order valence-corrected chi connectivity index (χ1v) is 7.35. The van der Waals surface area contributed by atoms with Gasteiger partial charge in [-0.2, -0.15) is 0 Å². The van der Waals surface area contributed by atoms with Gasteiger partial charge in [-0.1, -0.05) is 29.8 Å². The summed E-state index contributed by atoms with van der Waals surface area (Å²) in [5.74, 6) is -0.923. The summed E-state index contributed by atoms with van der Waals surface area (Å²) in [4.78, 5) is 25.0. The maximum atomic E-state index is 12.3. The number of carboxylic acid groups (broad SMARTS) is 1. The number of aryl methyl sites for hydroxylation is 1. The van der Waals surface area contributed by atoms with E-state index in [1.165, 1.54) is 10.5 Å². The van der Waals surface area contributed by atoms with Crippen molar-refractivity contribution in [1.82, 2.24) is 10.2 Å². The normalized spacial score (nSPS) is 19.9. The van der Waals surface area contributed by atoms with Crippen molar-refractivity contribution in [1.29, 1.82) is 0 Å². The van der Waals surface area contributed by atoms with E-state index in [2.05, 4.69) is 5.32 Å². The van der Waals surface area contributed by atoms with Gasteiger partial charge in [0.1, 0.15) is 6.04 Å². The largest absolute Gasteiger partial charge is 0.480 e. The Morgan fingerprint density at radius 1 is 1.29 bits per heavy atom. The van der Waals surface area contributed by atoms with Gasteiger partial charge in [0.05, 0.1) is 6.04 Å². The number of rotatable bonds is 3. The van der Waals surface area contributed by atoms with Crippen LogP contribution in [0, 0.1) is 6.92 Å². The van der Waals surface area contributed by atoms with Gasteiger partial charge in [0, 0.05) is 6.54 Å². The molecule has 2 unspecified atom stereocenters. The fourth-order valence-corrected chi connectivity index (χ4v) is 2.64. The molecule has 1 aliphatic heterocycles. The first-order chi connectivity index (χ1) is 9.99. The van der Waals surface area contributed by atoms with Crippen molar-refractivity contribution < 1.29 is 14.7 Å². The maximum Gasteiger partial charge on any atom is 0.326 e. The number of amides is 2. The molecule has 2 rings (SSSR count). The molecule has 2 N–H and O–H groups in total. The Hall–Kier alpha value is -2.04. The van der Waals surface area contributed by atoms with E-state index in [0.717, 1.165) is 18.4 Å². The summed E-state index contributed by atoms with van der Waals surface area (Å²) in [6, 6.07) is 6.81. The van der Waals surface area contributed by atoms with E-state index < -0.39 is 12.0 Å². The number of likely N-dealkylation sites (tertiary alicyclic amines) is 1. The van der Waals surface area contributed by atoms with Crippen molar-refractivity contribution in [2.75, 3.05) is 6.54 Å². The van der Waals surface area contributed by atoms with Crippen LogP contribution in [0.4, 0.5) is 4.79 Å². The molecule has 1 aromatic rings. The Kier molecular flexibility index (Phi) is 4.83. The fourth-order valence-electron chi connectivity index (χ4n) is 2.64. The molecule has 0 radical (unpaired) electrons. The first-order valence-electron chi connectivity index (χ1n) is 7.35.